The molecule has 1 N–H and O–H groups in total. The van der Waals surface area contributed by atoms with E-state index in [0.29, 0.717) is 10.8 Å². The Morgan fingerprint density at radius 2 is 1.77 bits per heavy atom. The average molecular weight is 378 g/mol. The lowest BCUT2D eigenvalue weighted by Crippen LogP contribution is -2.31. The molecule has 0 aliphatic rings. The second-order valence-electron chi connectivity index (χ2n) is 5.48. The summed E-state index contributed by atoms with van der Waals surface area (Å²) < 4.78 is 15.3. The van der Waals surface area contributed by atoms with Gasteiger partial charge in [-0.25, -0.2) is 4.79 Å². The molecular formula is C19H20ClNO5. The van der Waals surface area contributed by atoms with Gasteiger partial charge in [0.1, 0.15) is 17.1 Å². The standard InChI is InChI=1S/C19H20ClNO5/c1-12(13-4-7-15(24-2)8-5-13)21-18(22)11-26-19(23)16-10-14(20)6-9-17(16)25-3/h4-10,12H,11H2,1-3H3,(H,21,22). The number of amides is 1. The van der Waals surface area contributed by atoms with Crippen LogP contribution in [0.5, 0.6) is 11.5 Å². The maximum absolute atomic E-state index is 12.2. The van der Waals surface area contributed by atoms with E-state index < -0.39 is 18.5 Å². The van der Waals surface area contributed by atoms with Crippen molar-refractivity contribution in [3.05, 3.63) is 58.6 Å². The Hall–Kier alpha value is -2.73. The van der Waals surface area contributed by atoms with Gasteiger partial charge in [-0.2, -0.15) is 0 Å². The quantitative estimate of drug-likeness (QED) is 0.748. The normalized spacial score (nSPS) is 11.4. The Morgan fingerprint density at radius 1 is 1.08 bits per heavy atom. The number of ether oxygens (including phenoxy) is 3. The highest BCUT2D eigenvalue weighted by molar-refractivity contribution is 6.31. The van der Waals surface area contributed by atoms with Gasteiger partial charge in [0.2, 0.25) is 0 Å². The first-order valence-corrected chi connectivity index (χ1v) is 8.26. The van der Waals surface area contributed by atoms with Crippen LogP contribution in [0.25, 0.3) is 0 Å². The predicted octanol–water partition coefficient (Wildman–Crippen LogP) is 3.39. The molecule has 0 radical (unpaired) electrons. The summed E-state index contributed by atoms with van der Waals surface area (Å²) in [4.78, 5) is 24.2. The molecule has 6 nitrogen and oxygen atoms in total. The third-order valence-electron chi connectivity index (χ3n) is 3.71. The molecule has 0 aromatic heterocycles. The van der Waals surface area contributed by atoms with E-state index in [1.807, 2.05) is 31.2 Å². The van der Waals surface area contributed by atoms with Gasteiger partial charge in [0, 0.05) is 5.02 Å². The first kappa shape index (κ1) is 19.6. The maximum atomic E-state index is 12.2. The van der Waals surface area contributed by atoms with Crippen LogP contribution in [0.2, 0.25) is 5.02 Å². The van der Waals surface area contributed by atoms with Crippen LogP contribution in [0.15, 0.2) is 42.5 Å². The monoisotopic (exact) mass is 377 g/mol. The van der Waals surface area contributed by atoms with Gasteiger partial charge in [0.15, 0.2) is 6.61 Å². The number of nitrogens with one attached hydrogen (secondary N) is 1. The minimum absolute atomic E-state index is 0.163. The van der Waals surface area contributed by atoms with Crippen molar-refractivity contribution in [1.82, 2.24) is 5.32 Å². The molecule has 1 unspecified atom stereocenters. The molecule has 1 amide bonds. The second-order valence-corrected chi connectivity index (χ2v) is 5.92. The Labute approximate surface area is 157 Å². The Morgan fingerprint density at radius 3 is 2.38 bits per heavy atom. The van der Waals surface area contributed by atoms with E-state index in [0.717, 1.165) is 11.3 Å². The smallest absolute Gasteiger partial charge is 0.342 e. The SMILES string of the molecule is COc1ccc(C(C)NC(=O)COC(=O)c2cc(Cl)ccc2OC)cc1. The summed E-state index contributed by atoms with van der Waals surface area (Å²) in [5.74, 6) is -0.0395. The van der Waals surface area contributed by atoms with Crippen molar-refractivity contribution in [2.24, 2.45) is 0 Å². The van der Waals surface area contributed by atoms with Crippen LogP contribution >= 0.6 is 11.6 Å². The third-order valence-corrected chi connectivity index (χ3v) is 3.94. The molecule has 2 aromatic rings. The largest absolute Gasteiger partial charge is 0.497 e. The van der Waals surface area contributed by atoms with Gasteiger partial charge in [-0.15, -0.1) is 0 Å². The van der Waals surface area contributed by atoms with Crippen molar-refractivity contribution in [3.8, 4) is 11.5 Å². The average Bonchev–Trinajstić information content (AvgIpc) is 2.66. The molecule has 138 valence electrons. The Balaban J connectivity index is 1.91. The van der Waals surface area contributed by atoms with E-state index in [9.17, 15) is 9.59 Å². The fraction of sp³-hybridized carbons (Fsp3) is 0.263. The minimum Gasteiger partial charge on any atom is -0.497 e. The van der Waals surface area contributed by atoms with Crippen molar-refractivity contribution in [2.75, 3.05) is 20.8 Å². The summed E-state index contributed by atoms with van der Waals surface area (Å²) in [6.07, 6.45) is 0. The van der Waals surface area contributed by atoms with Crippen LogP contribution in [0.3, 0.4) is 0 Å². The van der Waals surface area contributed by atoms with Crippen molar-refractivity contribution < 1.29 is 23.8 Å². The molecule has 0 saturated carbocycles. The third kappa shape index (κ3) is 5.13. The molecular weight excluding hydrogens is 358 g/mol. The number of esters is 1. The van der Waals surface area contributed by atoms with Gasteiger partial charge < -0.3 is 19.5 Å². The van der Waals surface area contributed by atoms with E-state index in [1.54, 1.807) is 19.2 Å². The van der Waals surface area contributed by atoms with E-state index in [2.05, 4.69) is 5.32 Å². The van der Waals surface area contributed by atoms with E-state index >= 15 is 0 Å². The number of hydrogen-bond donors (Lipinski definition) is 1. The molecule has 26 heavy (non-hydrogen) atoms. The highest BCUT2D eigenvalue weighted by Crippen LogP contribution is 2.23. The fourth-order valence-corrected chi connectivity index (χ4v) is 2.48. The van der Waals surface area contributed by atoms with Gasteiger partial charge >= 0.3 is 5.97 Å². The molecule has 0 aliphatic heterocycles. The molecule has 0 fully saturated rings. The summed E-state index contributed by atoms with van der Waals surface area (Å²) in [5.41, 5.74) is 1.07. The summed E-state index contributed by atoms with van der Waals surface area (Å²) in [5, 5.41) is 3.14. The molecule has 7 heteroatoms. The van der Waals surface area contributed by atoms with Gasteiger partial charge in [-0.3, -0.25) is 4.79 Å². The van der Waals surface area contributed by atoms with Crippen molar-refractivity contribution in [3.63, 3.8) is 0 Å². The lowest BCUT2D eigenvalue weighted by atomic mass is 10.1. The molecule has 2 rings (SSSR count). The Bertz CT molecular complexity index is 776. The Kier molecular flexibility index (Phi) is 6.86. The van der Waals surface area contributed by atoms with Crippen LogP contribution < -0.4 is 14.8 Å². The molecule has 0 aliphatic carbocycles. The van der Waals surface area contributed by atoms with Crippen LogP contribution in [-0.2, 0) is 9.53 Å². The summed E-state index contributed by atoms with van der Waals surface area (Å²) in [7, 11) is 3.02. The summed E-state index contributed by atoms with van der Waals surface area (Å²) in [6.45, 7) is 1.43. The highest BCUT2D eigenvalue weighted by atomic mass is 35.5. The minimum atomic E-state index is -0.684. The van der Waals surface area contributed by atoms with E-state index in [1.165, 1.54) is 13.2 Å². The van der Waals surface area contributed by atoms with E-state index in [-0.39, 0.29) is 11.6 Å². The molecule has 2 aromatic carbocycles. The van der Waals surface area contributed by atoms with Crippen LogP contribution in [0.1, 0.15) is 28.9 Å². The number of rotatable bonds is 7. The van der Waals surface area contributed by atoms with Gasteiger partial charge in [0.05, 0.1) is 20.3 Å². The van der Waals surface area contributed by atoms with Gasteiger partial charge in [-0.1, -0.05) is 23.7 Å². The zero-order chi connectivity index (χ0) is 19.1. The van der Waals surface area contributed by atoms with Crippen LogP contribution in [-0.4, -0.2) is 32.7 Å². The first-order chi connectivity index (χ1) is 12.4. The zero-order valence-electron chi connectivity index (χ0n) is 14.7. The first-order valence-electron chi connectivity index (χ1n) is 7.88. The predicted molar refractivity (Wildman–Crippen MR) is 97.8 cm³/mol. The van der Waals surface area contributed by atoms with Crippen molar-refractivity contribution in [2.45, 2.75) is 13.0 Å². The lowest BCUT2D eigenvalue weighted by Gasteiger charge is -2.15. The number of methoxy groups -OCH3 is 2. The maximum Gasteiger partial charge on any atom is 0.342 e. The van der Waals surface area contributed by atoms with Gasteiger partial charge in [0.25, 0.3) is 5.91 Å². The van der Waals surface area contributed by atoms with Gasteiger partial charge in [-0.05, 0) is 42.8 Å². The number of hydrogen-bond acceptors (Lipinski definition) is 5. The molecule has 1 atom stereocenters. The molecule has 0 heterocycles. The molecule has 0 bridgehead atoms. The van der Waals surface area contributed by atoms with Crippen molar-refractivity contribution in [1.29, 1.82) is 0 Å². The zero-order valence-corrected chi connectivity index (χ0v) is 15.5. The number of carbonyl (C=O) groups excluding carboxylic acids is 2. The summed E-state index contributed by atoms with van der Waals surface area (Å²) in [6, 6.07) is 11.7. The van der Waals surface area contributed by atoms with E-state index in [4.69, 9.17) is 25.8 Å². The van der Waals surface area contributed by atoms with Crippen LogP contribution in [0.4, 0.5) is 0 Å². The number of benzene rings is 2. The number of carbonyl (C=O) groups is 2. The van der Waals surface area contributed by atoms with Crippen molar-refractivity contribution >= 4 is 23.5 Å². The fourth-order valence-electron chi connectivity index (χ4n) is 2.31. The second kappa shape index (κ2) is 9.10. The molecule has 0 saturated heterocycles. The highest BCUT2D eigenvalue weighted by Gasteiger charge is 2.17. The summed E-state index contributed by atoms with van der Waals surface area (Å²) >= 11 is 5.89. The lowest BCUT2D eigenvalue weighted by molar-refractivity contribution is -0.124. The molecule has 0 spiro atoms. The van der Waals surface area contributed by atoms with Crippen LogP contribution in [0, 0.1) is 0 Å². The topological polar surface area (TPSA) is 73.9 Å². The number of halogens is 1.